The molecule has 3 heterocycles. The summed E-state index contributed by atoms with van der Waals surface area (Å²) in [4.78, 5) is 22.1. The molecule has 0 radical (unpaired) electrons. The second kappa shape index (κ2) is 7.57. The summed E-state index contributed by atoms with van der Waals surface area (Å²) < 4.78 is 5.32. The number of rotatable bonds is 4. The first kappa shape index (κ1) is 17.2. The molecule has 1 aliphatic heterocycles. The van der Waals surface area contributed by atoms with Crippen LogP contribution in [0.15, 0.2) is 46.3 Å². The topological polar surface area (TPSA) is 62.5 Å². The van der Waals surface area contributed by atoms with Crippen molar-refractivity contribution in [2.45, 2.75) is 6.54 Å². The first-order valence-electron chi connectivity index (χ1n) is 8.33. The largest absolute Gasteiger partial charge is 0.336 e. The SMILES string of the molecule is O=C(c1ccc(Cl)cc1)N1CCN(Cc2noc(-c3cccs3)n2)CC1. The van der Waals surface area contributed by atoms with Gasteiger partial charge >= 0.3 is 0 Å². The van der Waals surface area contributed by atoms with Crippen LogP contribution in [0.3, 0.4) is 0 Å². The summed E-state index contributed by atoms with van der Waals surface area (Å²) in [5.74, 6) is 1.28. The van der Waals surface area contributed by atoms with Crippen LogP contribution in [0.2, 0.25) is 5.02 Å². The summed E-state index contributed by atoms with van der Waals surface area (Å²) in [7, 11) is 0. The van der Waals surface area contributed by atoms with Crippen LogP contribution in [0.5, 0.6) is 0 Å². The number of carbonyl (C=O) groups excluding carboxylic acids is 1. The number of thiophene rings is 1. The predicted octanol–water partition coefficient (Wildman–Crippen LogP) is 3.41. The average molecular weight is 389 g/mol. The van der Waals surface area contributed by atoms with E-state index in [1.807, 2.05) is 22.4 Å². The number of halogens is 1. The Morgan fingerprint density at radius 2 is 1.92 bits per heavy atom. The Kier molecular flexibility index (Phi) is 5.01. The van der Waals surface area contributed by atoms with Crippen molar-refractivity contribution >= 4 is 28.8 Å². The lowest BCUT2D eigenvalue weighted by atomic mass is 10.2. The van der Waals surface area contributed by atoms with Crippen molar-refractivity contribution in [1.82, 2.24) is 19.9 Å². The highest BCUT2D eigenvalue weighted by Crippen LogP contribution is 2.23. The van der Waals surface area contributed by atoms with Gasteiger partial charge in [0.1, 0.15) is 0 Å². The van der Waals surface area contributed by atoms with Crippen LogP contribution in [0.4, 0.5) is 0 Å². The molecule has 1 aliphatic rings. The van der Waals surface area contributed by atoms with Crippen molar-refractivity contribution in [3.8, 4) is 10.8 Å². The van der Waals surface area contributed by atoms with Crippen LogP contribution in [-0.4, -0.2) is 52.0 Å². The Hall–Kier alpha value is -2.22. The molecule has 0 saturated carbocycles. The van der Waals surface area contributed by atoms with E-state index >= 15 is 0 Å². The molecule has 1 fully saturated rings. The van der Waals surface area contributed by atoms with Gasteiger partial charge in [-0.05, 0) is 35.7 Å². The van der Waals surface area contributed by atoms with Gasteiger partial charge in [-0.3, -0.25) is 9.69 Å². The zero-order chi connectivity index (χ0) is 17.9. The molecule has 1 aromatic carbocycles. The fourth-order valence-electron chi connectivity index (χ4n) is 2.90. The van der Waals surface area contributed by atoms with Gasteiger partial charge in [-0.2, -0.15) is 4.98 Å². The van der Waals surface area contributed by atoms with E-state index in [2.05, 4.69) is 15.0 Å². The first-order valence-corrected chi connectivity index (χ1v) is 9.58. The second-order valence-electron chi connectivity index (χ2n) is 6.07. The number of piperazine rings is 1. The summed E-state index contributed by atoms with van der Waals surface area (Å²) >= 11 is 7.46. The number of amides is 1. The van der Waals surface area contributed by atoms with Gasteiger partial charge in [0.25, 0.3) is 11.8 Å². The van der Waals surface area contributed by atoms with E-state index in [0.29, 0.717) is 41.9 Å². The summed E-state index contributed by atoms with van der Waals surface area (Å²) in [5, 5.41) is 6.68. The fraction of sp³-hybridized carbons (Fsp3) is 0.278. The zero-order valence-electron chi connectivity index (χ0n) is 14.0. The van der Waals surface area contributed by atoms with Crippen molar-refractivity contribution < 1.29 is 9.32 Å². The van der Waals surface area contributed by atoms with Crippen LogP contribution in [-0.2, 0) is 6.54 Å². The number of carbonyl (C=O) groups is 1. The molecule has 0 unspecified atom stereocenters. The third kappa shape index (κ3) is 3.80. The van der Waals surface area contributed by atoms with E-state index in [1.54, 1.807) is 35.6 Å². The number of hydrogen-bond donors (Lipinski definition) is 0. The van der Waals surface area contributed by atoms with Gasteiger partial charge in [-0.1, -0.05) is 22.8 Å². The Morgan fingerprint density at radius 3 is 2.62 bits per heavy atom. The van der Waals surface area contributed by atoms with Crippen LogP contribution in [0.1, 0.15) is 16.2 Å². The summed E-state index contributed by atoms with van der Waals surface area (Å²) in [6.07, 6.45) is 0. The standard InChI is InChI=1S/C18H17ClN4O2S/c19-14-5-3-13(4-6-14)18(24)23-9-7-22(8-10-23)12-16-20-17(25-21-16)15-2-1-11-26-15/h1-6,11H,7-10,12H2. The van der Waals surface area contributed by atoms with Gasteiger partial charge in [0.15, 0.2) is 5.82 Å². The first-order chi connectivity index (χ1) is 12.7. The third-order valence-corrected chi connectivity index (χ3v) is 5.43. The monoisotopic (exact) mass is 388 g/mol. The highest BCUT2D eigenvalue weighted by molar-refractivity contribution is 7.13. The van der Waals surface area contributed by atoms with Gasteiger partial charge < -0.3 is 9.42 Å². The molecule has 0 spiro atoms. The second-order valence-corrected chi connectivity index (χ2v) is 7.45. The normalized spacial score (nSPS) is 15.3. The average Bonchev–Trinajstić information content (AvgIpc) is 3.34. The maximum atomic E-state index is 12.5. The Bertz CT molecular complexity index is 871. The zero-order valence-corrected chi connectivity index (χ0v) is 15.5. The van der Waals surface area contributed by atoms with Gasteiger partial charge in [0.2, 0.25) is 0 Å². The Balaban J connectivity index is 1.32. The quantitative estimate of drug-likeness (QED) is 0.685. The van der Waals surface area contributed by atoms with Gasteiger partial charge in [0.05, 0.1) is 11.4 Å². The lowest BCUT2D eigenvalue weighted by Crippen LogP contribution is -2.48. The number of aromatic nitrogens is 2. The molecule has 6 nitrogen and oxygen atoms in total. The van der Waals surface area contributed by atoms with E-state index in [9.17, 15) is 4.79 Å². The number of hydrogen-bond acceptors (Lipinski definition) is 6. The lowest BCUT2D eigenvalue weighted by Gasteiger charge is -2.34. The Morgan fingerprint density at radius 1 is 1.15 bits per heavy atom. The molecule has 1 saturated heterocycles. The molecule has 134 valence electrons. The molecule has 26 heavy (non-hydrogen) atoms. The van der Waals surface area contributed by atoms with Gasteiger partial charge in [-0.15, -0.1) is 11.3 Å². The number of benzene rings is 1. The molecule has 4 rings (SSSR count). The van der Waals surface area contributed by atoms with E-state index in [4.69, 9.17) is 16.1 Å². The van der Waals surface area contributed by atoms with E-state index in [1.165, 1.54) is 0 Å². The van der Waals surface area contributed by atoms with Crippen LogP contribution >= 0.6 is 22.9 Å². The molecule has 2 aromatic heterocycles. The minimum atomic E-state index is 0.0425. The van der Waals surface area contributed by atoms with Crippen LogP contribution in [0, 0.1) is 0 Å². The molecule has 0 atom stereocenters. The maximum absolute atomic E-state index is 12.5. The minimum absolute atomic E-state index is 0.0425. The van der Waals surface area contributed by atoms with Gasteiger partial charge in [0, 0.05) is 36.8 Å². The summed E-state index contributed by atoms with van der Waals surface area (Å²) in [5.41, 5.74) is 0.668. The maximum Gasteiger partial charge on any atom is 0.268 e. The minimum Gasteiger partial charge on any atom is -0.336 e. The van der Waals surface area contributed by atoms with Crippen molar-refractivity contribution in [1.29, 1.82) is 0 Å². The molecular weight excluding hydrogens is 372 g/mol. The van der Waals surface area contributed by atoms with Crippen molar-refractivity contribution in [3.63, 3.8) is 0 Å². The molecule has 0 N–H and O–H groups in total. The van der Waals surface area contributed by atoms with E-state index in [0.717, 1.165) is 18.0 Å². The highest BCUT2D eigenvalue weighted by atomic mass is 35.5. The van der Waals surface area contributed by atoms with Crippen LogP contribution in [0.25, 0.3) is 10.8 Å². The third-order valence-electron chi connectivity index (χ3n) is 4.32. The van der Waals surface area contributed by atoms with Crippen LogP contribution < -0.4 is 0 Å². The predicted molar refractivity (Wildman–Crippen MR) is 100 cm³/mol. The molecule has 1 amide bonds. The molecule has 3 aromatic rings. The molecule has 0 aliphatic carbocycles. The fourth-order valence-corrected chi connectivity index (χ4v) is 3.67. The Labute approximate surface area is 160 Å². The summed E-state index contributed by atoms with van der Waals surface area (Å²) in [6, 6.07) is 10.9. The smallest absolute Gasteiger partial charge is 0.268 e. The van der Waals surface area contributed by atoms with Crippen molar-refractivity contribution in [3.05, 3.63) is 58.2 Å². The summed E-state index contributed by atoms with van der Waals surface area (Å²) in [6.45, 7) is 3.54. The highest BCUT2D eigenvalue weighted by Gasteiger charge is 2.23. The van der Waals surface area contributed by atoms with E-state index < -0.39 is 0 Å². The van der Waals surface area contributed by atoms with Gasteiger partial charge in [-0.25, -0.2) is 0 Å². The lowest BCUT2D eigenvalue weighted by molar-refractivity contribution is 0.0624. The van der Waals surface area contributed by atoms with E-state index in [-0.39, 0.29) is 5.91 Å². The van der Waals surface area contributed by atoms with Crippen molar-refractivity contribution in [2.24, 2.45) is 0 Å². The molecular formula is C18H17ClN4O2S. The van der Waals surface area contributed by atoms with Crippen molar-refractivity contribution in [2.75, 3.05) is 26.2 Å². The molecule has 0 bridgehead atoms. The molecule has 8 heteroatoms. The number of nitrogens with zero attached hydrogens (tertiary/aromatic N) is 4.